The van der Waals surface area contributed by atoms with E-state index in [-0.39, 0.29) is 11.9 Å². The molecule has 1 aliphatic carbocycles. The smallest absolute Gasteiger partial charge is 0.237 e. The van der Waals surface area contributed by atoms with Gasteiger partial charge in [-0.15, -0.1) is 0 Å². The van der Waals surface area contributed by atoms with Crippen molar-refractivity contribution in [3.8, 4) is 0 Å². The van der Waals surface area contributed by atoms with Gasteiger partial charge < -0.3 is 20.8 Å². The number of β-amino-alcohol motifs (C(OH)–C–C–N with tert-alkyl or cyclic N) is 1. The van der Waals surface area contributed by atoms with Crippen LogP contribution in [0.1, 0.15) is 38.5 Å². The summed E-state index contributed by atoms with van der Waals surface area (Å²) in [4.78, 5) is 11.8. The zero-order chi connectivity index (χ0) is 13.0. The van der Waals surface area contributed by atoms with E-state index in [1.165, 1.54) is 19.3 Å². The molecule has 1 amide bonds. The van der Waals surface area contributed by atoms with E-state index in [2.05, 4.69) is 10.6 Å². The van der Waals surface area contributed by atoms with Crippen LogP contribution < -0.4 is 10.6 Å². The summed E-state index contributed by atoms with van der Waals surface area (Å²) in [7, 11) is 0. The predicted molar refractivity (Wildman–Crippen MR) is 68.0 cm³/mol. The van der Waals surface area contributed by atoms with Crippen molar-refractivity contribution in [2.24, 2.45) is 5.92 Å². The molecule has 2 aliphatic rings. The second-order valence-electron chi connectivity index (χ2n) is 5.56. The highest BCUT2D eigenvalue weighted by molar-refractivity contribution is 5.82. The molecule has 3 atom stereocenters. The minimum atomic E-state index is -0.430. The quantitative estimate of drug-likeness (QED) is 0.560. The normalized spacial score (nSPS) is 31.2. The molecule has 0 unspecified atom stereocenters. The van der Waals surface area contributed by atoms with E-state index in [1.54, 1.807) is 0 Å². The van der Waals surface area contributed by atoms with E-state index in [0.29, 0.717) is 25.4 Å². The van der Waals surface area contributed by atoms with Gasteiger partial charge in [0.05, 0.1) is 18.2 Å². The minimum absolute atomic E-state index is 0.110. The average molecular weight is 256 g/mol. The van der Waals surface area contributed by atoms with Gasteiger partial charge in [-0.05, 0) is 25.2 Å². The second kappa shape index (κ2) is 6.50. The predicted octanol–water partition coefficient (Wildman–Crippen LogP) is -0.233. The summed E-state index contributed by atoms with van der Waals surface area (Å²) in [6, 6.07) is -0.307. The average Bonchev–Trinajstić information content (AvgIpc) is 2.83. The van der Waals surface area contributed by atoms with Crippen LogP contribution in [-0.4, -0.2) is 47.5 Å². The lowest BCUT2D eigenvalue weighted by molar-refractivity contribution is -0.123. The van der Waals surface area contributed by atoms with Crippen LogP contribution in [0.25, 0.3) is 0 Å². The lowest BCUT2D eigenvalue weighted by atomic mass is 9.85. The Kier molecular flexibility index (Phi) is 4.97. The van der Waals surface area contributed by atoms with Gasteiger partial charge in [0.1, 0.15) is 0 Å². The second-order valence-corrected chi connectivity index (χ2v) is 5.56. The number of aliphatic hydroxyl groups excluding tert-OH is 2. The molecular weight excluding hydrogens is 232 g/mol. The van der Waals surface area contributed by atoms with E-state index in [9.17, 15) is 15.0 Å². The standard InChI is InChI=1S/C13H24N2O3/c16-10-6-11(14-7-10)13(18)15-8-12(17)9-4-2-1-3-5-9/h9-12,14,16-17H,1-8H2,(H,15,18)/t10-,11-,12-/m0/s1. The molecule has 4 N–H and O–H groups in total. The maximum absolute atomic E-state index is 11.8. The molecule has 18 heavy (non-hydrogen) atoms. The van der Waals surface area contributed by atoms with E-state index >= 15 is 0 Å². The molecule has 0 aromatic heterocycles. The molecule has 1 aliphatic heterocycles. The highest BCUT2D eigenvalue weighted by atomic mass is 16.3. The molecule has 2 rings (SSSR count). The fourth-order valence-electron chi connectivity index (χ4n) is 2.93. The third-order valence-electron chi connectivity index (χ3n) is 4.10. The molecule has 5 heteroatoms. The Morgan fingerprint density at radius 3 is 2.67 bits per heavy atom. The zero-order valence-electron chi connectivity index (χ0n) is 10.8. The van der Waals surface area contributed by atoms with Gasteiger partial charge in [-0.2, -0.15) is 0 Å². The Morgan fingerprint density at radius 2 is 2.06 bits per heavy atom. The first-order valence-electron chi connectivity index (χ1n) is 7.04. The van der Waals surface area contributed by atoms with Crippen LogP contribution in [0.2, 0.25) is 0 Å². The summed E-state index contributed by atoms with van der Waals surface area (Å²) in [5.74, 6) is 0.225. The summed E-state index contributed by atoms with van der Waals surface area (Å²) in [5, 5.41) is 25.1. The van der Waals surface area contributed by atoms with Crippen LogP contribution in [0.5, 0.6) is 0 Å². The Balaban J connectivity index is 1.68. The Morgan fingerprint density at radius 1 is 1.33 bits per heavy atom. The van der Waals surface area contributed by atoms with Crippen LogP contribution in [0, 0.1) is 5.92 Å². The highest BCUT2D eigenvalue weighted by Crippen LogP contribution is 2.26. The van der Waals surface area contributed by atoms with Gasteiger partial charge in [-0.25, -0.2) is 0 Å². The van der Waals surface area contributed by atoms with Crippen molar-refractivity contribution in [2.45, 2.75) is 56.8 Å². The topological polar surface area (TPSA) is 81.6 Å². The molecule has 1 saturated carbocycles. The fourth-order valence-corrected chi connectivity index (χ4v) is 2.93. The first-order valence-corrected chi connectivity index (χ1v) is 7.04. The summed E-state index contributed by atoms with van der Waals surface area (Å²) in [6.45, 7) is 0.807. The van der Waals surface area contributed by atoms with Crippen molar-refractivity contribution >= 4 is 5.91 Å². The lowest BCUT2D eigenvalue weighted by Crippen LogP contribution is -2.44. The van der Waals surface area contributed by atoms with E-state index in [0.717, 1.165) is 12.8 Å². The van der Waals surface area contributed by atoms with Crippen LogP contribution in [0.4, 0.5) is 0 Å². The molecule has 5 nitrogen and oxygen atoms in total. The van der Waals surface area contributed by atoms with Gasteiger partial charge in [0.15, 0.2) is 0 Å². The van der Waals surface area contributed by atoms with Crippen LogP contribution in [-0.2, 0) is 4.79 Å². The first-order chi connectivity index (χ1) is 8.66. The van der Waals surface area contributed by atoms with Crippen molar-refractivity contribution in [2.75, 3.05) is 13.1 Å². The Bertz CT molecular complexity index is 279. The highest BCUT2D eigenvalue weighted by Gasteiger charge is 2.29. The number of hydrogen-bond acceptors (Lipinski definition) is 4. The van der Waals surface area contributed by atoms with Crippen molar-refractivity contribution < 1.29 is 15.0 Å². The van der Waals surface area contributed by atoms with E-state index in [1.807, 2.05) is 0 Å². The summed E-state index contributed by atoms with van der Waals surface area (Å²) < 4.78 is 0. The number of amides is 1. The SMILES string of the molecule is O=C(NC[C@H](O)C1CCCCC1)[C@@H]1C[C@H](O)CN1. The molecule has 1 heterocycles. The molecular formula is C13H24N2O3. The molecule has 0 radical (unpaired) electrons. The van der Waals surface area contributed by atoms with Crippen molar-refractivity contribution in [3.05, 3.63) is 0 Å². The fraction of sp³-hybridized carbons (Fsp3) is 0.923. The molecule has 2 fully saturated rings. The molecule has 0 aromatic rings. The van der Waals surface area contributed by atoms with Crippen molar-refractivity contribution in [3.63, 3.8) is 0 Å². The first kappa shape index (κ1) is 13.8. The largest absolute Gasteiger partial charge is 0.392 e. The number of carbonyl (C=O) groups is 1. The van der Waals surface area contributed by atoms with Gasteiger partial charge in [0.25, 0.3) is 0 Å². The lowest BCUT2D eigenvalue weighted by Gasteiger charge is -2.27. The third kappa shape index (κ3) is 3.67. The molecule has 0 aromatic carbocycles. The number of carbonyl (C=O) groups excluding carboxylic acids is 1. The van der Waals surface area contributed by atoms with E-state index in [4.69, 9.17) is 0 Å². The van der Waals surface area contributed by atoms with Gasteiger partial charge in [0, 0.05) is 13.1 Å². The Labute approximate surface area is 108 Å². The van der Waals surface area contributed by atoms with Crippen LogP contribution >= 0.6 is 0 Å². The number of aliphatic hydroxyl groups is 2. The molecule has 104 valence electrons. The summed E-state index contributed by atoms with van der Waals surface area (Å²) in [6.07, 6.45) is 5.38. The maximum atomic E-state index is 11.8. The number of hydrogen-bond donors (Lipinski definition) is 4. The molecule has 1 saturated heterocycles. The summed E-state index contributed by atoms with van der Waals surface area (Å²) >= 11 is 0. The molecule has 0 bridgehead atoms. The van der Waals surface area contributed by atoms with Gasteiger partial charge >= 0.3 is 0 Å². The maximum Gasteiger partial charge on any atom is 0.237 e. The van der Waals surface area contributed by atoms with Gasteiger partial charge in [0.2, 0.25) is 5.91 Å². The monoisotopic (exact) mass is 256 g/mol. The van der Waals surface area contributed by atoms with Crippen LogP contribution in [0.15, 0.2) is 0 Å². The van der Waals surface area contributed by atoms with E-state index < -0.39 is 12.2 Å². The van der Waals surface area contributed by atoms with Crippen molar-refractivity contribution in [1.29, 1.82) is 0 Å². The van der Waals surface area contributed by atoms with Crippen molar-refractivity contribution in [1.82, 2.24) is 10.6 Å². The van der Waals surface area contributed by atoms with Crippen LogP contribution in [0.3, 0.4) is 0 Å². The third-order valence-corrected chi connectivity index (χ3v) is 4.10. The molecule has 0 spiro atoms. The number of rotatable bonds is 4. The summed E-state index contributed by atoms with van der Waals surface area (Å²) in [5.41, 5.74) is 0. The Hall–Kier alpha value is -0.650. The van der Waals surface area contributed by atoms with Gasteiger partial charge in [-0.3, -0.25) is 4.79 Å². The number of nitrogens with one attached hydrogen (secondary N) is 2. The zero-order valence-corrected chi connectivity index (χ0v) is 10.8. The minimum Gasteiger partial charge on any atom is -0.392 e. The van der Waals surface area contributed by atoms with Gasteiger partial charge in [-0.1, -0.05) is 19.3 Å².